The maximum absolute atomic E-state index is 12.2. The van der Waals surface area contributed by atoms with E-state index in [1.807, 2.05) is 54.6 Å². The summed E-state index contributed by atoms with van der Waals surface area (Å²) in [4.78, 5) is 27.6. The molecule has 3 aromatic carbocycles. The van der Waals surface area contributed by atoms with E-state index in [4.69, 9.17) is 9.47 Å². The number of rotatable bonds is 6. The van der Waals surface area contributed by atoms with Crippen molar-refractivity contribution in [2.24, 2.45) is 4.99 Å². The maximum Gasteiger partial charge on any atom is 0.363 e. The van der Waals surface area contributed by atoms with Crippen molar-refractivity contribution in [2.45, 2.75) is 13.5 Å². The zero-order valence-corrected chi connectivity index (χ0v) is 16.9. The van der Waals surface area contributed by atoms with Gasteiger partial charge in [0.1, 0.15) is 12.4 Å². The molecular weight excluding hydrogens is 392 g/mol. The third-order valence-corrected chi connectivity index (χ3v) is 4.50. The van der Waals surface area contributed by atoms with Gasteiger partial charge in [0.2, 0.25) is 11.8 Å². The number of hydrogen-bond acceptors (Lipinski definition) is 5. The van der Waals surface area contributed by atoms with Crippen LogP contribution in [0.5, 0.6) is 5.75 Å². The van der Waals surface area contributed by atoms with Gasteiger partial charge in [0.05, 0.1) is 0 Å². The summed E-state index contributed by atoms with van der Waals surface area (Å²) < 4.78 is 11.1. The summed E-state index contributed by atoms with van der Waals surface area (Å²) in [5.74, 6) is 0.307. The van der Waals surface area contributed by atoms with E-state index >= 15 is 0 Å². The standard InChI is InChI=1S/C25H20N2O4/c1-17(28)26-21-11-9-20(10-12-21)24-27-23(25(29)31-24)15-18-7-13-22(14-8-18)30-16-19-5-3-2-4-6-19/h2-15H,16H2,1H3,(H,26,28)/b23-15-. The first-order valence-corrected chi connectivity index (χ1v) is 9.74. The van der Waals surface area contributed by atoms with Crippen molar-refractivity contribution in [1.29, 1.82) is 0 Å². The van der Waals surface area contributed by atoms with E-state index in [1.54, 1.807) is 30.3 Å². The number of hydrogen-bond donors (Lipinski definition) is 1. The first-order valence-electron chi connectivity index (χ1n) is 9.74. The van der Waals surface area contributed by atoms with Gasteiger partial charge in [-0.2, -0.15) is 0 Å². The Balaban J connectivity index is 1.43. The molecule has 1 amide bonds. The summed E-state index contributed by atoms with van der Waals surface area (Å²) in [6, 6.07) is 24.3. The highest BCUT2D eigenvalue weighted by atomic mass is 16.6. The van der Waals surface area contributed by atoms with Crippen LogP contribution in [0.25, 0.3) is 6.08 Å². The number of carbonyl (C=O) groups is 2. The molecule has 1 aliphatic heterocycles. The third-order valence-electron chi connectivity index (χ3n) is 4.50. The molecule has 31 heavy (non-hydrogen) atoms. The maximum atomic E-state index is 12.2. The number of cyclic esters (lactones) is 1. The Kier molecular flexibility index (Phi) is 5.89. The molecule has 0 saturated heterocycles. The number of aliphatic imine (C=N–C) groups is 1. The summed E-state index contributed by atoms with van der Waals surface area (Å²) >= 11 is 0. The predicted molar refractivity (Wildman–Crippen MR) is 119 cm³/mol. The fraction of sp³-hybridized carbons (Fsp3) is 0.0800. The molecule has 0 unspecified atom stereocenters. The molecule has 0 fully saturated rings. The molecule has 0 spiro atoms. The Morgan fingerprint density at radius 2 is 1.71 bits per heavy atom. The van der Waals surface area contributed by atoms with Crippen molar-refractivity contribution < 1.29 is 19.1 Å². The third kappa shape index (κ3) is 5.25. The van der Waals surface area contributed by atoms with Gasteiger partial charge in [-0.3, -0.25) is 4.79 Å². The lowest BCUT2D eigenvalue weighted by Gasteiger charge is -2.06. The van der Waals surface area contributed by atoms with Crippen LogP contribution in [-0.4, -0.2) is 17.8 Å². The largest absolute Gasteiger partial charge is 0.489 e. The quantitative estimate of drug-likeness (QED) is 0.475. The van der Waals surface area contributed by atoms with Crippen LogP contribution >= 0.6 is 0 Å². The minimum Gasteiger partial charge on any atom is -0.489 e. The van der Waals surface area contributed by atoms with Gasteiger partial charge >= 0.3 is 5.97 Å². The Hall–Kier alpha value is -4.19. The predicted octanol–water partition coefficient (Wildman–Crippen LogP) is 4.57. The Bertz CT molecular complexity index is 1150. The molecule has 3 aromatic rings. The van der Waals surface area contributed by atoms with Crippen LogP contribution in [0.2, 0.25) is 0 Å². The number of benzene rings is 3. The number of anilines is 1. The number of nitrogens with zero attached hydrogens (tertiary/aromatic N) is 1. The zero-order chi connectivity index (χ0) is 21.6. The number of ether oxygens (including phenoxy) is 2. The van der Waals surface area contributed by atoms with E-state index in [1.165, 1.54) is 6.92 Å². The highest BCUT2D eigenvalue weighted by molar-refractivity contribution is 6.13. The van der Waals surface area contributed by atoms with E-state index in [0.29, 0.717) is 17.9 Å². The van der Waals surface area contributed by atoms with Crippen LogP contribution in [0.15, 0.2) is 89.6 Å². The molecule has 6 heteroatoms. The minimum absolute atomic E-state index is 0.154. The van der Waals surface area contributed by atoms with Gasteiger partial charge in [-0.25, -0.2) is 9.79 Å². The first-order chi connectivity index (χ1) is 15.1. The number of esters is 1. The zero-order valence-electron chi connectivity index (χ0n) is 16.9. The van der Waals surface area contributed by atoms with Crippen LogP contribution in [0, 0.1) is 0 Å². The lowest BCUT2D eigenvalue weighted by Crippen LogP contribution is -2.07. The van der Waals surface area contributed by atoms with Crippen molar-refractivity contribution in [3.63, 3.8) is 0 Å². The van der Waals surface area contributed by atoms with Crippen molar-refractivity contribution in [2.75, 3.05) is 5.32 Å². The molecular formula is C25H20N2O4. The topological polar surface area (TPSA) is 77.0 Å². The second-order valence-corrected chi connectivity index (χ2v) is 6.94. The molecule has 1 N–H and O–H groups in total. The SMILES string of the molecule is CC(=O)Nc1ccc(C2=N/C(=C\c3ccc(OCc4ccccc4)cc3)C(=O)O2)cc1. The van der Waals surface area contributed by atoms with E-state index in [9.17, 15) is 9.59 Å². The van der Waals surface area contributed by atoms with Crippen LogP contribution < -0.4 is 10.1 Å². The smallest absolute Gasteiger partial charge is 0.363 e. The van der Waals surface area contributed by atoms with E-state index in [2.05, 4.69) is 10.3 Å². The van der Waals surface area contributed by atoms with Gasteiger partial charge in [0.15, 0.2) is 5.70 Å². The summed E-state index contributed by atoms with van der Waals surface area (Å²) in [6.45, 7) is 1.93. The molecule has 0 aromatic heterocycles. The highest BCUT2D eigenvalue weighted by Crippen LogP contribution is 2.22. The molecule has 0 radical (unpaired) electrons. The van der Waals surface area contributed by atoms with Crippen molar-refractivity contribution in [3.8, 4) is 5.75 Å². The van der Waals surface area contributed by atoms with Gasteiger partial charge < -0.3 is 14.8 Å². The van der Waals surface area contributed by atoms with Crippen molar-refractivity contribution in [1.82, 2.24) is 0 Å². The lowest BCUT2D eigenvalue weighted by atomic mass is 10.2. The minimum atomic E-state index is -0.509. The first kappa shape index (κ1) is 20.1. The fourth-order valence-corrected chi connectivity index (χ4v) is 2.99. The summed E-state index contributed by atoms with van der Waals surface area (Å²) in [6.07, 6.45) is 1.67. The van der Waals surface area contributed by atoms with E-state index in [0.717, 1.165) is 16.9 Å². The van der Waals surface area contributed by atoms with Gasteiger partial charge in [-0.05, 0) is 53.6 Å². The molecule has 1 heterocycles. The highest BCUT2D eigenvalue weighted by Gasteiger charge is 2.24. The van der Waals surface area contributed by atoms with Gasteiger partial charge in [-0.1, -0.05) is 42.5 Å². The fourth-order valence-electron chi connectivity index (χ4n) is 2.99. The summed E-state index contributed by atoms with van der Waals surface area (Å²) in [5.41, 5.74) is 3.43. The number of carbonyl (C=O) groups excluding carboxylic acids is 2. The molecule has 1 aliphatic rings. The van der Waals surface area contributed by atoms with E-state index in [-0.39, 0.29) is 17.5 Å². The molecule has 0 bridgehead atoms. The summed E-state index contributed by atoms with van der Waals surface area (Å²) in [5, 5.41) is 2.69. The molecule has 0 saturated carbocycles. The molecule has 154 valence electrons. The molecule has 0 atom stereocenters. The van der Waals surface area contributed by atoms with Gasteiger partial charge in [0.25, 0.3) is 0 Å². The number of amides is 1. The average molecular weight is 412 g/mol. The van der Waals surface area contributed by atoms with Crippen molar-refractivity contribution in [3.05, 3.63) is 101 Å². The Morgan fingerprint density at radius 3 is 2.39 bits per heavy atom. The second kappa shape index (κ2) is 9.09. The van der Waals surface area contributed by atoms with Crippen molar-refractivity contribution >= 4 is 29.5 Å². The van der Waals surface area contributed by atoms with E-state index < -0.39 is 5.97 Å². The Morgan fingerprint density at radius 1 is 1.00 bits per heavy atom. The summed E-state index contributed by atoms with van der Waals surface area (Å²) in [7, 11) is 0. The van der Waals surface area contributed by atoms with Crippen LogP contribution in [0.1, 0.15) is 23.6 Å². The number of nitrogens with one attached hydrogen (secondary N) is 1. The normalized spacial score (nSPS) is 14.2. The van der Waals surface area contributed by atoms with Crippen LogP contribution in [0.3, 0.4) is 0 Å². The lowest BCUT2D eigenvalue weighted by molar-refractivity contribution is -0.129. The van der Waals surface area contributed by atoms with Gasteiger partial charge in [0, 0.05) is 18.2 Å². The monoisotopic (exact) mass is 412 g/mol. The second-order valence-electron chi connectivity index (χ2n) is 6.94. The Labute approximate surface area is 179 Å². The molecule has 4 rings (SSSR count). The van der Waals surface area contributed by atoms with Crippen LogP contribution in [0.4, 0.5) is 5.69 Å². The molecule has 0 aliphatic carbocycles. The van der Waals surface area contributed by atoms with Crippen LogP contribution in [-0.2, 0) is 20.9 Å². The molecule has 6 nitrogen and oxygen atoms in total. The average Bonchev–Trinajstić information content (AvgIpc) is 3.14. The van der Waals surface area contributed by atoms with Gasteiger partial charge in [-0.15, -0.1) is 0 Å².